The first-order valence-electron chi connectivity index (χ1n) is 4.52. The third-order valence-electron chi connectivity index (χ3n) is 1.65. The number of rotatable bonds is 5. The number of nitrogens with one attached hydrogen (secondary N) is 1. The van der Waals surface area contributed by atoms with E-state index in [1.165, 1.54) is 18.1 Å². The number of hydrogen-bond acceptors (Lipinski definition) is 5. The Labute approximate surface area is 92.1 Å². The minimum atomic E-state index is -0.634. The van der Waals surface area contributed by atoms with Crippen LogP contribution in [0.2, 0.25) is 0 Å². The van der Waals surface area contributed by atoms with Gasteiger partial charge in [0, 0.05) is 6.54 Å². The van der Waals surface area contributed by atoms with Crippen LogP contribution in [0.3, 0.4) is 0 Å². The van der Waals surface area contributed by atoms with Gasteiger partial charge in [-0.25, -0.2) is 14.5 Å². The number of carbonyl (C=O) groups is 2. The number of amides is 1. The molecular weight excluding hydrogens is 212 g/mol. The quantitative estimate of drug-likeness (QED) is 0.531. The summed E-state index contributed by atoms with van der Waals surface area (Å²) in [6.07, 6.45) is 2.86. The molecular formula is C9H12N4O3. The van der Waals surface area contributed by atoms with E-state index in [0.29, 0.717) is 6.54 Å². The van der Waals surface area contributed by atoms with Crippen molar-refractivity contribution in [1.29, 1.82) is 0 Å². The van der Waals surface area contributed by atoms with E-state index < -0.39 is 5.97 Å². The number of nitrogens with zero attached hydrogens (tertiary/aromatic N) is 3. The Hall–Kier alpha value is -2.18. The van der Waals surface area contributed by atoms with Crippen LogP contribution in [-0.2, 0) is 16.1 Å². The highest BCUT2D eigenvalue weighted by molar-refractivity contribution is 5.84. The van der Waals surface area contributed by atoms with Crippen molar-refractivity contribution < 1.29 is 14.3 Å². The van der Waals surface area contributed by atoms with E-state index in [1.54, 1.807) is 6.08 Å². The van der Waals surface area contributed by atoms with Gasteiger partial charge in [0.2, 0.25) is 5.91 Å². The fourth-order valence-electron chi connectivity index (χ4n) is 0.945. The summed E-state index contributed by atoms with van der Waals surface area (Å²) >= 11 is 0. The summed E-state index contributed by atoms with van der Waals surface area (Å²) in [5, 5.41) is 6.34. The maximum absolute atomic E-state index is 11.3. The van der Waals surface area contributed by atoms with Crippen LogP contribution in [-0.4, -0.2) is 40.3 Å². The molecule has 0 aliphatic heterocycles. The van der Waals surface area contributed by atoms with Gasteiger partial charge in [0.15, 0.2) is 0 Å². The lowest BCUT2D eigenvalue weighted by molar-refractivity contribution is -0.121. The zero-order valence-corrected chi connectivity index (χ0v) is 8.84. The summed E-state index contributed by atoms with van der Waals surface area (Å²) in [6, 6.07) is 0. The van der Waals surface area contributed by atoms with Crippen molar-refractivity contribution in [2.24, 2.45) is 0 Å². The zero-order valence-electron chi connectivity index (χ0n) is 8.84. The first kappa shape index (κ1) is 11.9. The Bertz CT molecular complexity index is 399. The summed E-state index contributed by atoms with van der Waals surface area (Å²) < 4.78 is 5.68. The van der Waals surface area contributed by atoms with Crippen LogP contribution in [0.1, 0.15) is 10.6 Å². The molecule has 0 aliphatic carbocycles. The van der Waals surface area contributed by atoms with Gasteiger partial charge in [0.05, 0.1) is 7.11 Å². The smallest absolute Gasteiger partial charge is 0.377 e. The summed E-state index contributed by atoms with van der Waals surface area (Å²) in [4.78, 5) is 26.0. The molecule has 7 heteroatoms. The van der Waals surface area contributed by atoms with Crippen LogP contribution in [0.5, 0.6) is 0 Å². The molecule has 0 aliphatic rings. The number of hydrogen-bond donors (Lipinski definition) is 1. The van der Waals surface area contributed by atoms with Crippen LogP contribution in [0.25, 0.3) is 0 Å². The largest absolute Gasteiger partial charge is 0.463 e. The highest BCUT2D eigenvalue weighted by atomic mass is 16.5. The van der Waals surface area contributed by atoms with Crippen LogP contribution >= 0.6 is 0 Å². The molecule has 1 amide bonds. The predicted molar refractivity (Wildman–Crippen MR) is 54.6 cm³/mol. The molecule has 16 heavy (non-hydrogen) atoms. The molecule has 1 aromatic rings. The molecule has 7 nitrogen and oxygen atoms in total. The standard InChI is InChI=1S/C9H12N4O3/c1-3-4-10-7(14)5-13-6-11-8(12-13)9(15)16-2/h3,6H,1,4-5H2,2H3,(H,10,14). The molecule has 0 unspecified atom stereocenters. The van der Waals surface area contributed by atoms with Crippen LogP contribution in [0, 0.1) is 0 Å². The van der Waals surface area contributed by atoms with Crippen molar-refractivity contribution >= 4 is 11.9 Å². The molecule has 0 saturated heterocycles. The summed E-state index contributed by atoms with van der Waals surface area (Å²) in [5.41, 5.74) is 0. The molecule has 0 saturated carbocycles. The molecule has 0 bridgehead atoms. The van der Waals surface area contributed by atoms with Crippen molar-refractivity contribution in [3.63, 3.8) is 0 Å². The Morgan fingerprint density at radius 1 is 1.69 bits per heavy atom. The number of methoxy groups -OCH3 is 1. The second kappa shape index (κ2) is 5.64. The fourth-order valence-corrected chi connectivity index (χ4v) is 0.945. The van der Waals surface area contributed by atoms with Gasteiger partial charge in [-0.15, -0.1) is 11.7 Å². The predicted octanol–water partition coefficient (Wildman–Crippen LogP) is -0.633. The number of ether oxygens (including phenoxy) is 1. The van der Waals surface area contributed by atoms with Gasteiger partial charge in [-0.05, 0) is 0 Å². The van der Waals surface area contributed by atoms with Gasteiger partial charge < -0.3 is 10.1 Å². The lowest BCUT2D eigenvalue weighted by Gasteiger charge is -2.00. The minimum Gasteiger partial charge on any atom is -0.463 e. The molecule has 1 heterocycles. The third kappa shape index (κ3) is 3.19. The Morgan fingerprint density at radius 2 is 2.44 bits per heavy atom. The van der Waals surface area contributed by atoms with Gasteiger partial charge in [-0.1, -0.05) is 6.08 Å². The van der Waals surface area contributed by atoms with E-state index >= 15 is 0 Å². The van der Waals surface area contributed by atoms with Crippen LogP contribution < -0.4 is 5.32 Å². The van der Waals surface area contributed by atoms with Crippen molar-refractivity contribution in [2.75, 3.05) is 13.7 Å². The molecule has 1 aromatic heterocycles. The van der Waals surface area contributed by atoms with Gasteiger partial charge >= 0.3 is 5.97 Å². The average Bonchev–Trinajstić information content (AvgIpc) is 2.73. The summed E-state index contributed by atoms with van der Waals surface area (Å²) in [7, 11) is 1.24. The highest BCUT2D eigenvalue weighted by Crippen LogP contribution is 1.92. The van der Waals surface area contributed by atoms with Gasteiger partial charge in [0.1, 0.15) is 12.9 Å². The number of aromatic nitrogens is 3. The average molecular weight is 224 g/mol. The Balaban J connectivity index is 2.55. The maximum atomic E-state index is 11.3. The van der Waals surface area contributed by atoms with E-state index in [4.69, 9.17) is 0 Å². The van der Waals surface area contributed by atoms with E-state index in [-0.39, 0.29) is 18.3 Å². The molecule has 1 N–H and O–H groups in total. The lowest BCUT2D eigenvalue weighted by atomic mass is 10.5. The lowest BCUT2D eigenvalue weighted by Crippen LogP contribution is -2.27. The monoisotopic (exact) mass is 224 g/mol. The normalized spacial score (nSPS) is 9.56. The van der Waals surface area contributed by atoms with E-state index in [0.717, 1.165) is 0 Å². The molecule has 0 fully saturated rings. The van der Waals surface area contributed by atoms with Crippen molar-refractivity contribution in [3.8, 4) is 0 Å². The van der Waals surface area contributed by atoms with Crippen molar-refractivity contribution in [2.45, 2.75) is 6.54 Å². The van der Waals surface area contributed by atoms with E-state index in [1.807, 2.05) is 0 Å². The SMILES string of the molecule is C=CCNC(=O)Cn1cnc(C(=O)OC)n1. The molecule has 0 aromatic carbocycles. The second-order valence-electron chi connectivity index (χ2n) is 2.85. The molecule has 0 spiro atoms. The van der Waals surface area contributed by atoms with Crippen LogP contribution in [0.15, 0.2) is 19.0 Å². The fraction of sp³-hybridized carbons (Fsp3) is 0.333. The number of carbonyl (C=O) groups excluding carboxylic acids is 2. The topological polar surface area (TPSA) is 86.1 Å². The highest BCUT2D eigenvalue weighted by Gasteiger charge is 2.12. The Kier molecular flexibility index (Phi) is 4.19. The van der Waals surface area contributed by atoms with Crippen molar-refractivity contribution in [1.82, 2.24) is 20.1 Å². The van der Waals surface area contributed by atoms with Crippen molar-refractivity contribution in [3.05, 3.63) is 24.8 Å². The maximum Gasteiger partial charge on any atom is 0.377 e. The molecule has 86 valence electrons. The first-order chi connectivity index (χ1) is 7.67. The second-order valence-corrected chi connectivity index (χ2v) is 2.85. The van der Waals surface area contributed by atoms with Gasteiger partial charge in [-0.2, -0.15) is 0 Å². The number of esters is 1. The Morgan fingerprint density at radius 3 is 3.06 bits per heavy atom. The van der Waals surface area contributed by atoms with Gasteiger partial charge in [-0.3, -0.25) is 4.79 Å². The third-order valence-corrected chi connectivity index (χ3v) is 1.65. The van der Waals surface area contributed by atoms with Gasteiger partial charge in [0.25, 0.3) is 5.82 Å². The molecule has 0 radical (unpaired) electrons. The minimum absolute atomic E-state index is 0.00215. The summed E-state index contributed by atoms with van der Waals surface area (Å²) in [6.45, 7) is 3.85. The molecule has 0 atom stereocenters. The summed E-state index contributed by atoms with van der Waals surface area (Å²) in [5.74, 6) is -0.939. The zero-order chi connectivity index (χ0) is 12.0. The first-order valence-corrected chi connectivity index (χ1v) is 4.52. The van der Waals surface area contributed by atoms with E-state index in [9.17, 15) is 9.59 Å². The molecule has 1 rings (SSSR count). The van der Waals surface area contributed by atoms with E-state index in [2.05, 4.69) is 26.7 Å². The van der Waals surface area contributed by atoms with Crippen LogP contribution in [0.4, 0.5) is 0 Å².